The molecule has 0 aliphatic heterocycles. The third kappa shape index (κ3) is 1.79. The van der Waals surface area contributed by atoms with Crippen molar-refractivity contribution in [1.82, 2.24) is 4.98 Å². The van der Waals surface area contributed by atoms with E-state index in [2.05, 4.69) is 28.5 Å². The Labute approximate surface area is 98.5 Å². The van der Waals surface area contributed by atoms with Crippen molar-refractivity contribution in [3.63, 3.8) is 0 Å². The van der Waals surface area contributed by atoms with E-state index in [4.69, 9.17) is 4.74 Å². The lowest BCUT2D eigenvalue weighted by Gasteiger charge is -2.34. The number of ether oxygens (including phenoxy) is 1. The molecule has 2 aromatic rings. The van der Waals surface area contributed by atoms with E-state index >= 15 is 0 Å². The maximum Gasteiger partial charge on any atom is 0.184 e. The molecule has 16 heavy (non-hydrogen) atoms. The smallest absolute Gasteiger partial charge is 0.184 e. The first kappa shape index (κ1) is 10.1. The second-order valence-corrected chi connectivity index (χ2v) is 5.19. The molecule has 1 fully saturated rings. The monoisotopic (exact) mass is 234 g/mol. The van der Waals surface area contributed by atoms with Gasteiger partial charge in [0.25, 0.3) is 0 Å². The SMILES string of the molecule is COC1CC(Nc2nc3ccccc3s2)C1. The van der Waals surface area contributed by atoms with E-state index in [0.717, 1.165) is 23.5 Å². The number of methoxy groups -OCH3 is 1. The van der Waals surface area contributed by atoms with Crippen molar-refractivity contribution in [2.75, 3.05) is 12.4 Å². The molecule has 1 aliphatic carbocycles. The maximum absolute atomic E-state index is 5.26. The Morgan fingerprint density at radius 2 is 2.19 bits per heavy atom. The van der Waals surface area contributed by atoms with Crippen LogP contribution in [0.25, 0.3) is 10.2 Å². The highest BCUT2D eigenvalue weighted by atomic mass is 32.1. The zero-order valence-corrected chi connectivity index (χ0v) is 9.96. The lowest BCUT2D eigenvalue weighted by molar-refractivity contribution is 0.0329. The Morgan fingerprint density at radius 1 is 1.38 bits per heavy atom. The van der Waals surface area contributed by atoms with Crippen molar-refractivity contribution in [2.45, 2.75) is 25.0 Å². The predicted octanol–water partition coefficient (Wildman–Crippen LogP) is 2.89. The third-order valence-corrected chi connectivity index (χ3v) is 4.02. The molecule has 0 unspecified atom stereocenters. The highest BCUT2D eigenvalue weighted by Gasteiger charge is 2.29. The zero-order valence-electron chi connectivity index (χ0n) is 9.14. The molecule has 4 heteroatoms. The third-order valence-electron chi connectivity index (χ3n) is 3.05. The van der Waals surface area contributed by atoms with Crippen LogP contribution >= 0.6 is 11.3 Å². The topological polar surface area (TPSA) is 34.1 Å². The van der Waals surface area contributed by atoms with E-state index in [1.54, 1.807) is 18.4 Å². The zero-order chi connectivity index (χ0) is 11.0. The van der Waals surface area contributed by atoms with Crippen LogP contribution < -0.4 is 5.32 Å². The first-order valence-corrected chi connectivity index (χ1v) is 6.31. The number of nitrogens with zero attached hydrogens (tertiary/aromatic N) is 1. The molecule has 0 spiro atoms. The van der Waals surface area contributed by atoms with E-state index < -0.39 is 0 Å². The first-order chi connectivity index (χ1) is 7.85. The van der Waals surface area contributed by atoms with E-state index in [1.807, 2.05) is 6.07 Å². The number of aromatic nitrogens is 1. The van der Waals surface area contributed by atoms with Gasteiger partial charge in [-0.2, -0.15) is 0 Å². The summed E-state index contributed by atoms with van der Waals surface area (Å²) in [5, 5.41) is 4.49. The van der Waals surface area contributed by atoms with E-state index in [1.165, 1.54) is 4.70 Å². The molecule has 0 atom stereocenters. The molecule has 1 N–H and O–H groups in total. The molecule has 1 heterocycles. The van der Waals surface area contributed by atoms with Gasteiger partial charge in [0.05, 0.1) is 16.3 Å². The summed E-state index contributed by atoms with van der Waals surface area (Å²) in [4.78, 5) is 4.55. The molecule has 1 saturated carbocycles. The van der Waals surface area contributed by atoms with Crippen molar-refractivity contribution in [3.05, 3.63) is 24.3 Å². The summed E-state index contributed by atoms with van der Waals surface area (Å²) in [6.07, 6.45) is 2.62. The number of para-hydroxylation sites is 1. The number of hydrogen-bond acceptors (Lipinski definition) is 4. The molecule has 1 aliphatic rings. The van der Waals surface area contributed by atoms with Crippen molar-refractivity contribution >= 4 is 26.7 Å². The van der Waals surface area contributed by atoms with E-state index in [-0.39, 0.29) is 0 Å². The van der Waals surface area contributed by atoms with E-state index in [9.17, 15) is 0 Å². The Kier molecular flexibility index (Phi) is 2.53. The average molecular weight is 234 g/mol. The second-order valence-electron chi connectivity index (χ2n) is 4.16. The summed E-state index contributed by atoms with van der Waals surface area (Å²) in [6.45, 7) is 0. The molecule has 0 amide bonds. The van der Waals surface area contributed by atoms with Crippen molar-refractivity contribution < 1.29 is 4.74 Å². The molecular weight excluding hydrogens is 220 g/mol. The van der Waals surface area contributed by atoms with Crippen molar-refractivity contribution in [3.8, 4) is 0 Å². The molecule has 0 radical (unpaired) electrons. The molecule has 0 bridgehead atoms. The minimum atomic E-state index is 0.437. The van der Waals surface area contributed by atoms with Gasteiger partial charge in [-0.3, -0.25) is 0 Å². The average Bonchev–Trinajstić information content (AvgIpc) is 2.65. The maximum atomic E-state index is 5.26. The number of rotatable bonds is 3. The van der Waals surface area contributed by atoms with Gasteiger partial charge in [-0.1, -0.05) is 23.5 Å². The van der Waals surface area contributed by atoms with Crippen LogP contribution in [-0.4, -0.2) is 24.2 Å². The molecule has 1 aromatic heterocycles. The molecular formula is C12H14N2OS. The standard InChI is InChI=1S/C12H14N2OS/c1-15-9-6-8(7-9)13-12-14-10-4-2-3-5-11(10)16-12/h2-5,8-9H,6-7H2,1H3,(H,13,14). The minimum Gasteiger partial charge on any atom is -0.381 e. The first-order valence-electron chi connectivity index (χ1n) is 5.50. The summed E-state index contributed by atoms with van der Waals surface area (Å²) in [6, 6.07) is 8.77. The van der Waals surface area contributed by atoms with Crippen molar-refractivity contribution in [2.24, 2.45) is 0 Å². The van der Waals surface area contributed by atoms with Crippen molar-refractivity contribution in [1.29, 1.82) is 0 Å². The predicted molar refractivity (Wildman–Crippen MR) is 67.1 cm³/mol. The van der Waals surface area contributed by atoms with Crippen LogP contribution in [0.2, 0.25) is 0 Å². The number of anilines is 1. The second kappa shape index (κ2) is 4.03. The van der Waals surface area contributed by atoms with Gasteiger partial charge in [0.1, 0.15) is 0 Å². The Bertz CT molecular complexity index is 457. The number of thiazole rings is 1. The Balaban J connectivity index is 1.71. The molecule has 0 saturated heterocycles. The summed E-state index contributed by atoms with van der Waals surface area (Å²) in [5.41, 5.74) is 1.08. The van der Waals surface area contributed by atoms with E-state index in [0.29, 0.717) is 12.1 Å². The van der Waals surface area contributed by atoms with Gasteiger partial charge in [-0.05, 0) is 25.0 Å². The Morgan fingerprint density at radius 3 is 2.94 bits per heavy atom. The fourth-order valence-corrected chi connectivity index (χ4v) is 2.93. The molecule has 1 aromatic carbocycles. The summed E-state index contributed by atoms with van der Waals surface area (Å²) in [5.74, 6) is 0. The summed E-state index contributed by atoms with van der Waals surface area (Å²) < 4.78 is 6.50. The molecule has 3 nitrogen and oxygen atoms in total. The molecule has 3 rings (SSSR count). The fraction of sp³-hybridized carbons (Fsp3) is 0.417. The number of hydrogen-bond donors (Lipinski definition) is 1. The highest BCUT2D eigenvalue weighted by molar-refractivity contribution is 7.22. The summed E-state index contributed by atoms with van der Waals surface area (Å²) >= 11 is 1.72. The largest absolute Gasteiger partial charge is 0.381 e. The number of benzene rings is 1. The molecule has 84 valence electrons. The van der Waals surface area contributed by atoms with Gasteiger partial charge < -0.3 is 10.1 Å². The van der Waals surface area contributed by atoms with Crippen LogP contribution in [-0.2, 0) is 4.74 Å². The Hall–Kier alpha value is -1.13. The van der Waals surface area contributed by atoms with Crippen LogP contribution in [0.5, 0.6) is 0 Å². The summed E-state index contributed by atoms with van der Waals surface area (Å²) in [7, 11) is 1.78. The normalized spacial score (nSPS) is 24.3. The van der Waals surface area contributed by atoms with Gasteiger partial charge in [0, 0.05) is 13.2 Å². The lowest BCUT2D eigenvalue weighted by atomic mass is 9.89. The fourth-order valence-electron chi connectivity index (χ4n) is 1.98. The van der Waals surface area contributed by atoms with Gasteiger partial charge in [-0.15, -0.1) is 0 Å². The minimum absolute atomic E-state index is 0.437. The number of fused-ring (bicyclic) bond motifs is 1. The highest BCUT2D eigenvalue weighted by Crippen LogP contribution is 2.30. The van der Waals surface area contributed by atoms with Gasteiger partial charge in [0.2, 0.25) is 0 Å². The van der Waals surface area contributed by atoms with Gasteiger partial charge in [-0.25, -0.2) is 4.98 Å². The quantitative estimate of drug-likeness (QED) is 0.886. The van der Waals surface area contributed by atoms with Gasteiger partial charge >= 0.3 is 0 Å². The number of nitrogens with one attached hydrogen (secondary N) is 1. The van der Waals surface area contributed by atoms with Crippen LogP contribution in [0.4, 0.5) is 5.13 Å². The van der Waals surface area contributed by atoms with Crippen LogP contribution in [0, 0.1) is 0 Å². The van der Waals surface area contributed by atoms with Crippen LogP contribution in [0.3, 0.4) is 0 Å². The van der Waals surface area contributed by atoms with Gasteiger partial charge in [0.15, 0.2) is 5.13 Å². The van der Waals surface area contributed by atoms with Crippen LogP contribution in [0.1, 0.15) is 12.8 Å². The lowest BCUT2D eigenvalue weighted by Crippen LogP contribution is -2.40. The van der Waals surface area contributed by atoms with Crippen LogP contribution in [0.15, 0.2) is 24.3 Å².